The maximum absolute atomic E-state index is 11.4. The minimum Gasteiger partial charge on any atom is -0.497 e. The molecule has 0 saturated heterocycles. The fourth-order valence-electron chi connectivity index (χ4n) is 1.52. The summed E-state index contributed by atoms with van der Waals surface area (Å²) in [6, 6.07) is 5.38. The minimum absolute atomic E-state index is 0.0778. The molecule has 19 heavy (non-hydrogen) atoms. The van der Waals surface area contributed by atoms with Crippen molar-refractivity contribution in [1.29, 1.82) is 0 Å². The van der Waals surface area contributed by atoms with Crippen LogP contribution in [0.5, 0.6) is 11.5 Å². The van der Waals surface area contributed by atoms with E-state index in [0.29, 0.717) is 18.7 Å². The Bertz CT molecular complexity index is 466. The molecular formula is C14H18N2O3. The zero-order chi connectivity index (χ0) is 14.1. The van der Waals surface area contributed by atoms with Crippen molar-refractivity contribution < 1.29 is 14.3 Å². The molecule has 0 radical (unpaired) electrons. The van der Waals surface area contributed by atoms with Crippen LogP contribution in [0.25, 0.3) is 0 Å². The highest BCUT2D eigenvalue weighted by molar-refractivity contribution is 5.77. The van der Waals surface area contributed by atoms with Crippen molar-refractivity contribution in [3.63, 3.8) is 0 Å². The summed E-state index contributed by atoms with van der Waals surface area (Å²) in [5.41, 5.74) is 6.45. The number of methoxy groups -OCH3 is 1. The Labute approximate surface area is 113 Å². The highest BCUT2D eigenvalue weighted by Crippen LogP contribution is 2.24. The summed E-state index contributed by atoms with van der Waals surface area (Å²) in [7, 11) is 1.59. The molecule has 0 heterocycles. The molecule has 0 bridgehead atoms. The van der Waals surface area contributed by atoms with Gasteiger partial charge >= 0.3 is 0 Å². The van der Waals surface area contributed by atoms with E-state index in [1.807, 2.05) is 6.07 Å². The molecule has 1 rings (SSSR count). The first-order chi connectivity index (χ1) is 9.21. The lowest BCUT2D eigenvalue weighted by molar-refractivity contribution is -0.122. The lowest BCUT2D eigenvalue weighted by Gasteiger charge is -2.12. The Hall–Kier alpha value is -2.19. The molecule has 0 aliphatic carbocycles. The van der Waals surface area contributed by atoms with E-state index in [2.05, 4.69) is 11.2 Å². The first-order valence-electron chi connectivity index (χ1n) is 5.91. The van der Waals surface area contributed by atoms with Crippen LogP contribution < -0.4 is 20.5 Å². The summed E-state index contributed by atoms with van der Waals surface area (Å²) in [4.78, 5) is 11.4. The first kappa shape index (κ1) is 14.9. The summed E-state index contributed by atoms with van der Waals surface area (Å²) in [6.45, 7) is 0.610. The zero-order valence-corrected chi connectivity index (χ0v) is 10.9. The Balaban J connectivity index is 2.66. The second-order valence-electron chi connectivity index (χ2n) is 3.78. The highest BCUT2D eigenvalue weighted by Gasteiger charge is 2.07. The molecule has 0 unspecified atom stereocenters. The molecule has 5 heteroatoms. The average molecular weight is 262 g/mol. The standard InChI is InChI=1S/C14H18N2O3/c1-3-8-16-14(17)10-19-13-5-4-12(18-2)9-11(13)6-7-15/h1,4-5,9H,6-8,10,15H2,2H3,(H,16,17). The van der Waals surface area contributed by atoms with Crippen LogP contribution in [0.3, 0.4) is 0 Å². The second kappa shape index (κ2) is 8.01. The predicted molar refractivity (Wildman–Crippen MR) is 73.1 cm³/mol. The summed E-state index contributed by atoms with van der Waals surface area (Å²) in [6.07, 6.45) is 5.70. The normalized spacial score (nSPS) is 9.53. The Morgan fingerprint density at radius 3 is 2.95 bits per heavy atom. The van der Waals surface area contributed by atoms with Crippen molar-refractivity contribution in [3.05, 3.63) is 23.8 Å². The molecule has 0 aliphatic rings. The fourth-order valence-corrected chi connectivity index (χ4v) is 1.52. The number of terminal acetylenes is 1. The monoisotopic (exact) mass is 262 g/mol. The molecule has 5 nitrogen and oxygen atoms in total. The SMILES string of the molecule is C#CCNC(=O)COc1ccc(OC)cc1CCN. The van der Waals surface area contributed by atoms with E-state index in [9.17, 15) is 4.79 Å². The fraction of sp³-hybridized carbons (Fsp3) is 0.357. The van der Waals surface area contributed by atoms with Crippen molar-refractivity contribution in [2.45, 2.75) is 6.42 Å². The maximum Gasteiger partial charge on any atom is 0.258 e. The third-order valence-corrected chi connectivity index (χ3v) is 2.43. The van der Waals surface area contributed by atoms with Crippen LogP contribution in [0, 0.1) is 12.3 Å². The van der Waals surface area contributed by atoms with E-state index in [0.717, 1.165) is 11.3 Å². The summed E-state index contributed by atoms with van der Waals surface area (Å²) < 4.78 is 10.6. The van der Waals surface area contributed by atoms with Gasteiger partial charge in [0.25, 0.3) is 5.91 Å². The van der Waals surface area contributed by atoms with E-state index in [1.54, 1.807) is 19.2 Å². The van der Waals surface area contributed by atoms with Crippen LogP contribution in [0.4, 0.5) is 0 Å². The number of amides is 1. The number of ether oxygens (including phenoxy) is 2. The van der Waals surface area contributed by atoms with Gasteiger partial charge in [-0.25, -0.2) is 0 Å². The highest BCUT2D eigenvalue weighted by atomic mass is 16.5. The molecule has 0 saturated carbocycles. The van der Waals surface area contributed by atoms with Crippen molar-refractivity contribution in [2.24, 2.45) is 5.73 Å². The van der Waals surface area contributed by atoms with Gasteiger partial charge < -0.3 is 20.5 Å². The lowest BCUT2D eigenvalue weighted by Crippen LogP contribution is -2.29. The topological polar surface area (TPSA) is 73.6 Å². The quantitative estimate of drug-likeness (QED) is 0.694. The molecule has 102 valence electrons. The third-order valence-electron chi connectivity index (χ3n) is 2.43. The van der Waals surface area contributed by atoms with Gasteiger partial charge in [0, 0.05) is 0 Å². The molecule has 0 aliphatic heterocycles. The van der Waals surface area contributed by atoms with Gasteiger partial charge in [-0.3, -0.25) is 4.79 Å². The number of nitrogens with one attached hydrogen (secondary N) is 1. The van der Waals surface area contributed by atoms with Gasteiger partial charge in [0.1, 0.15) is 11.5 Å². The number of benzene rings is 1. The van der Waals surface area contributed by atoms with Crippen LogP contribution in [0.2, 0.25) is 0 Å². The minimum atomic E-state index is -0.257. The summed E-state index contributed by atoms with van der Waals surface area (Å²) in [5.74, 6) is 3.42. The van der Waals surface area contributed by atoms with Crippen molar-refractivity contribution in [1.82, 2.24) is 5.32 Å². The lowest BCUT2D eigenvalue weighted by atomic mass is 10.1. The van der Waals surface area contributed by atoms with Gasteiger partial charge in [0.15, 0.2) is 6.61 Å². The van der Waals surface area contributed by atoms with E-state index in [1.165, 1.54) is 0 Å². The maximum atomic E-state index is 11.4. The van der Waals surface area contributed by atoms with Crippen LogP contribution in [-0.2, 0) is 11.2 Å². The first-order valence-corrected chi connectivity index (χ1v) is 5.91. The van der Waals surface area contributed by atoms with E-state index in [4.69, 9.17) is 21.6 Å². The molecule has 0 aromatic heterocycles. The van der Waals surface area contributed by atoms with Crippen molar-refractivity contribution in [2.75, 3.05) is 26.8 Å². The Kier molecular flexibility index (Phi) is 6.27. The Morgan fingerprint density at radius 1 is 1.53 bits per heavy atom. The molecule has 1 amide bonds. The molecule has 1 aromatic carbocycles. The van der Waals surface area contributed by atoms with Gasteiger partial charge in [0.2, 0.25) is 0 Å². The van der Waals surface area contributed by atoms with Gasteiger partial charge in [-0.05, 0) is 36.7 Å². The van der Waals surface area contributed by atoms with Gasteiger partial charge in [-0.1, -0.05) is 5.92 Å². The van der Waals surface area contributed by atoms with Gasteiger partial charge in [-0.2, -0.15) is 0 Å². The van der Waals surface area contributed by atoms with Crippen molar-refractivity contribution in [3.8, 4) is 23.8 Å². The van der Waals surface area contributed by atoms with Gasteiger partial charge in [-0.15, -0.1) is 6.42 Å². The summed E-state index contributed by atoms with van der Waals surface area (Å²) in [5, 5.41) is 2.53. The molecule has 0 spiro atoms. The van der Waals surface area contributed by atoms with E-state index in [-0.39, 0.29) is 19.1 Å². The number of carbonyl (C=O) groups excluding carboxylic acids is 1. The number of nitrogens with two attached hydrogens (primary N) is 1. The molecular weight excluding hydrogens is 244 g/mol. The van der Waals surface area contributed by atoms with Crippen molar-refractivity contribution >= 4 is 5.91 Å². The van der Waals surface area contributed by atoms with Crippen LogP contribution in [0.15, 0.2) is 18.2 Å². The smallest absolute Gasteiger partial charge is 0.258 e. The van der Waals surface area contributed by atoms with E-state index >= 15 is 0 Å². The largest absolute Gasteiger partial charge is 0.497 e. The van der Waals surface area contributed by atoms with Crippen LogP contribution in [0.1, 0.15) is 5.56 Å². The van der Waals surface area contributed by atoms with Gasteiger partial charge in [0.05, 0.1) is 13.7 Å². The molecule has 3 N–H and O–H groups in total. The number of rotatable bonds is 7. The van der Waals surface area contributed by atoms with Crippen LogP contribution in [-0.4, -0.2) is 32.7 Å². The second-order valence-corrected chi connectivity index (χ2v) is 3.78. The molecule has 1 aromatic rings. The third kappa shape index (κ3) is 4.90. The number of hydrogen-bond acceptors (Lipinski definition) is 4. The number of carbonyl (C=O) groups is 1. The average Bonchev–Trinajstić information content (AvgIpc) is 2.43. The Morgan fingerprint density at radius 2 is 2.32 bits per heavy atom. The van der Waals surface area contributed by atoms with Crippen LogP contribution >= 0.6 is 0 Å². The predicted octanol–water partition coefficient (Wildman–Crippen LogP) is 0.325. The van der Waals surface area contributed by atoms with E-state index < -0.39 is 0 Å². The molecule has 0 fully saturated rings. The zero-order valence-electron chi connectivity index (χ0n) is 10.9. The number of hydrogen-bond donors (Lipinski definition) is 2. The molecule has 0 atom stereocenters. The summed E-state index contributed by atoms with van der Waals surface area (Å²) >= 11 is 0.